The molecule has 1 unspecified atom stereocenters. The van der Waals surface area contributed by atoms with Crippen LogP contribution in [0.1, 0.15) is 36.2 Å². The molecule has 0 saturated heterocycles. The summed E-state index contributed by atoms with van der Waals surface area (Å²) in [5.74, 6) is 0.613. The first kappa shape index (κ1) is 14.1. The summed E-state index contributed by atoms with van der Waals surface area (Å²) in [7, 11) is 1.86. The Kier molecular flexibility index (Phi) is 5.06. The van der Waals surface area contributed by atoms with Crippen molar-refractivity contribution in [1.82, 2.24) is 4.90 Å². The lowest BCUT2D eigenvalue weighted by molar-refractivity contribution is 0.0774. The molecule has 0 fully saturated rings. The summed E-state index contributed by atoms with van der Waals surface area (Å²) >= 11 is 4.28. The number of nitrogens with zero attached hydrogens (tertiary/aromatic N) is 1. The molecule has 0 aromatic heterocycles. The summed E-state index contributed by atoms with van der Waals surface area (Å²) in [5, 5.41) is 0. The van der Waals surface area contributed by atoms with Crippen molar-refractivity contribution in [2.75, 3.05) is 13.6 Å². The minimum Gasteiger partial charge on any atom is -0.341 e. The smallest absolute Gasteiger partial charge is 0.253 e. The maximum absolute atomic E-state index is 12.3. The summed E-state index contributed by atoms with van der Waals surface area (Å²) in [6, 6.07) is 5.68. The minimum atomic E-state index is 0.0821. The number of aryl methyl sites for hydroxylation is 1. The molecule has 1 rings (SSSR count). The molecule has 0 saturated carbocycles. The van der Waals surface area contributed by atoms with Gasteiger partial charge in [0, 0.05) is 24.1 Å². The highest BCUT2D eigenvalue weighted by atomic mass is 32.1. The number of carbonyl (C=O) groups excluding carboxylic acids is 1. The fraction of sp³-hybridized carbons (Fsp3) is 0.500. The lowest BCUT2D eigenvalue weighted by atomic mass is 10.1. The number of carbonyl (C=O) groups is 1. The normalized spacial score (nSPS) is 12.3. The highest BCUT2D eigenvalue weighted by molar-refractivity contribution is 7.80. The molecule has 0 aliphatic heterocycles. The van der Waals surface area contributed by atoms with E-state index in [0.717, 1.165) is 29.0 Å². The van der Waals surface area contributed by atoms with Crippen molar-refractivity contribution in [2.24, 2.45) is 5.92 Å². The SMILES string of the molecule is CCC(C)CN(C)C(=O)c1cc(S)ccc1C. The number of rotatable bonds is 4. The molecule has 0 heterocycles. The molecular weight excluding hydrogens is 230 g/mol. The first-order valence-corrected chi connectivity index (χ1v) is 6.45. The van der Waals surface area contributed by atoms with Crippen LogP contribution in [0.15, 0.2) is 23.1 Å². The van der Waals surface area contributed by atoms with Gasteiger partial charge in [-0.15, -0.1) is 12.6 Å². The van der Waals surface area contributed by atoms with Gasteiger partial charge >= 0.3 is 0 Å². The average Bonchev–Trinajstić information content (AvgIpc) is 2.31. The van der Waals surface area contributed by atoms with Crippen molar-refractivity contribution in [3.8, 4) is 0 Å². The Balaban J connectivity index is 2.85. The quantitative estimate of drug-likeness (QED) is 0.813. The minimum absolute atomic E-state index is 0.0821. The fourth-order valence-electron chi connectivity index (χ4n) is 1.73. The van der Waals surface area contributed by atoms with E-state index in [4.69, 9.17) is 0 Å². The van der Waals surface area contributed by atoms with E-state index in [9.17, 15) is 4.79 Å². The van der Waals surface area contributed by atoms with Gasteiger partial charge < -0.3 is 4.90 Å². The fourth-order valence-corrected chi connectivity index (χ4v) is 1.93. The Bertz CT molecular complexity index is 403. The first-order valence-electron chi connectivity index (χ1n) is 6.00. The molecule has 1 aromatic carbocycles. The largest absolute Gasteiger partial charge is 0.341 e. The molecule has 0 radical (unpaired) electrons. The van der Waals surface area contributed by atoms with Crippen LogP contribution in [0.5, 0.6) is 0 Å². The van der Waals surface area contributed by atoms with Crippen LogP contribution >= 0.6 is 12.6 Å². The average molecular weight is 251 g/mol. The lowest BCUT2D eigenvalue weighted by Gasteiger charge is -2.21. The third-order valence-corrected chi connectivity index (χ3v) is 3.36. The van der Waals surface area contributed by atoms with Crippen LogP contribution in [0.4, 0.5) is 0 Å². The van der Waals surface area contributed by atoms with Crippen LogP contribution in [0.3, 0.4) is 0 Å². The Labute approximate surface area is 109 Å². The summed E-state index contributed by atoms with van der Waals surface area (Å²) in [6.45, 7) is 7.05. The third kappa shape index (κ3) is 3.77. The molecular formula is C14H21NOS. The monoisotopic (exact) mass is 251 g/mol. The second-order valence-corrected chi connectivity index (χ2v) is 5.21. The molecule has 1 aromatic rings. The van der Waals surface area contributed by atoms with Crippen LogP contribution < -0.4 is 0 Å². The van der Waals surface area contributed by atoms with Crippen molar-refractivity contribution in [1.29, 1.82) is 0 Å². The van der Waals surface area contributed by atoms with Gasteiger partial charge in [0.15, 0.2) is 0 Å². The number of hydrogen-bond donors (Lipinski definition) is 1. The second-order valence-electron chi connectivity index (χ2n) is 4.70. The van der Waals surface area contributed by atoms with Crippen molar-refractivity contribution in [2.45, 2.75) is 32.1 Å². The molecule has 17 heavy (non-hydrogen) atoms. The van der Waals surface area contributed by atoms with Crippen LogP contribution in [-0.2, 0) is 0 Å². The molecule has 0 spiro atoms. The first-order chi connectivity index (χ1) is 7.95. The van der Waals surface area contributed by atoms with E-state index in [2.05, 4.69) is 26.5 Å². The number of benzene rings is 1. The summed E-state index contributed by atoms with van der Waals surface area (Å²) in [4.78, 5) is 14.9. The highest BCUT2D eigenvalue weighted by Crippen LogP contribution is 2.16. The van der Waals surface area contributed by atoms with Crippen LogP contribution in [-0.4, -0.2) is 24.4 Å². The number of thiol groups is 1. The van der Waals surface area contributed by atoms with Gasteiger partial charge in [-0.25, -0.2) is 0 Å². The van der Waals surface area contributed by atoms with Crippen LogP contribution in [0, 0.1) is 12.8 Å². The molecule has 0 bridgehead atoms. The Morgan fingerprint density at radius 1 is 1.47 bits per heavy atom. The predicted molar refractivity (Wildman–Crippen MR) is 74.8 cm³/mol. The molecule has 1 amide bonds. The van der Waals surface area contributed by atoms with Gasteiger partial charge in [-0.05, 0) is 30.5 Å². The number of amides is 1. The second kappa shape index (κ2) is 6.10. The molecule has 0 aliphatic carbocycles. The molecule has 1 atom stereocenters. The summed E-state index contributed by atoms with van der Waals surface area (Å²) in [6.07, 6.45) is 1.09. The Morgan fingerprint density at radius 3 is 2.71 bits per heavy atom. The van der Waals surface area contributed by atoms with Gasteiger partial charge in [-0.2, -0.15) is 0 Å². The highest BCUT2D eigenvalue weighted by Gasteiger charge is 2.15. The predicted octanol–water partition coefficient (Wildman–Crippen LogP) is 3.40. The zero-order valence-electron chi connectivity index (χ0n) is 11.0. The molecule has 94 valence electrons. The molecule has 3 heteroatoms. The lowest BCUT2D eigenvalue weighted by Crippen LogP contribution is -2.31. The van der Waals surface area contributed by atoms with Crippen molar-refractivity contribution in [3.63, 3.8) is 0 Å². The van der Waals surface area contributed by atoms with Crippen molar-refractivity contribution >= 4 is 18.5 Å². The van der Waals surface area contributed by atoms with Gasteiger partial charge in [0.2, 0.25) is 0 Å². The van der Waals surface area contributed by atoms with E-state index in [1.165, 1.54) is 0 Å². The van der Waals surface area contributed by atoms with Crippen molar-refractivity contribution in [3.05, 3.63) is 29.3 Å². The standard InChI is InChI=1S/C14H21NOS/c1-5-10(2)9-15(4)14(16)13-8-12(17)7-6-11(13)3/h6-8,10,17H,5,9H2,1-4H3. The molecule has 0 N–H and O–H groups in total. The molecule has 2 nitrogen and oxygen atoms in total. The zero-order chi connectivity index (χ0) is 13.0. The maximum atomic E-state index is 12.3. The zero-order valence-corrected chi connectivity index (χ0v) is 11.9. The van der Waals surface area contributed by atoms with Gasteiger partial charge in [0.25, 0.3) is 5.91 Å². The maximum Gasteiger partial charge on any atom is 0.253 e. The van der Waals surface area contributed by atoms with E-state index >= 15 is 0 Å². The van der Waals surface area contributed by atoms with E-state index in [1.807, 2.05) is 32.2 Å². The molecule has 0 aliphatic rings. The summed E-state index contributed by atoms with van der Waals surface area (Å²) in [5.41, 5.74) is 1.76. The Morgan fingerprint density at radius 2 is 2.12 bits per heavy atom. The third-order valence-electron chi connectivity index (χ3n) is 3.08. The van der Waals surface area contributed by atoms with Gasteiger partial charge in [-0.3, -0.25) is 4.79 Å². The van der Waals surface area contributed by atoms with Gasteiger partial charge in [-0.1, -0.05) is 26.3 Å². The van der Waals surface area contributed by atoms with Gasteiger partial charge in [0.05, 0.1) is 0 Å². The summed E-state index contributed by atoms with van der Waals surface area (Å²) < 4.78 is 0. The number of hydrogen-bond acceptors (Lipinski definition) is 2. The van der Waals surface area contributed by atoms with E-state index in [1.54, 1.807) is 4.90 Å². The topological polar surface area (TPSA) is 20.3 Å². The van der Waals surface area contributed by atoms with Crippen molar-refractivity contribution < 1.29 is 4.79 Å². The van der Waals surface area contributed by atoms with E-state index in [0.29, 0.717) is 5.92 Å². The van der Waals surface area contributed by atoms with Gasteiger partial charge in [0.1, 0.15) is 0 Å². The van der Waals surface area contributed by atoms with E-state index in [-0.39, 0.29) is 5.91 Å². The van der Waals surface area contributed by atoms with Crippen LogP contribution in [0.25, 0.3) is 0 Å². The van der Waals surface area contributed by atoms with Crippen LogP contribution in [0.2, 0.25) is 0 Å². The van der Waals surface area contributed by atoms with E-state index < -0.39 is 0 Å². The Hall–Kier alpha value is -0.960.